The lowest BCUT2D eigenvalue weighted by Gasteiger charge is -2.19. The van der Waals surface area contributed by atoms with Crippen molar-refractivity contribution in [1.82, 2.24) is 4.90 Å². The minimum absolute atomic E-state index is 0.0539. The van der Waals surface area contributed by atoms with Crippen molar-refractivity contribution < 1.29 is 19.5 Å². The van der Waals surface area contributed by atoms with Crippen LogP contribution in [0.3, 0.4) is 0 Å². The van der Waals surface area contributed by atoms with Crippen molar-refractivity contribution in [3.8, 4) is 0 Å². The lowest BCUT2D eigenvalue weighted by Crippen LogP contribution is -2.37. The first-order valence-corrected chi connectivity index (χ1v) is 6.74. The molecule has 1 N–H and O–H groups in total. The summed E-state index contributed by atoms with van der Waals surface area (Å²) in [5.74, 6) is -2.45. The van der Waals surface area contributed by atoms with E-state index in [1.165, 1.54) is 0 Å². The number of imide groups is 1. The molecule has 1 aliphatic heterocycles. The quantitative estimate of drug-likeness (QED) is 0.807. The number of carboxylic acid groups (broad SMARTS) is 1. The van der Waals surface area contributed by atoms with E-state index in [-0.39, 0.29) is 6.54 Å². The second-order valence-electron chi connectivity index (χ2n) is 4.94. The number of carboxylic acids is 1. The molecule has 20 heavy (non-hydrogen) atoms. The molecule has 0 aliphatic carbocycles. The standard InChI is InChI=1S/C15H17NO4/c1-2-3-6-10(15(19)20)9-16-13(17)11-7-4-5-8-12(11)14(16)18/h4-5,7-8,10H,2-3,6,9H2,1H3,(H,19,20). The summed E-state index contributed by atoms with van der Waals surface area (Å²) in [6.07, 6.45) is 2.12. The predicted octanol–water partition coefficient (Wildman–Crippen LogP) is 2.17. The van der Waals surface area contributed by atoms with E-state index in [2.05, 4.69) is 0 Å². The van der Waals surface area contributed by atoms with E-state index in [9.17, 15) is 19.5 Å². The molecular formula is C15H17NO4. The number of carbonyl (C=O) groups is 3. The number of rotatable bonds is 6. The molecule has 0 saturated carbocycles. The van der Waals surface area contributed by atoms with Crippen LogP contribution < -0.4 is 0 Å². The Balaban J connectivity index is 2.16. The Kier molecular flexibility index (Phi) is 4.17. The molecule has 1 atom stereocenters. The molecule has 0 fully saturated rings. The summed E-state index contributed by atoms with van der Waals surface area (Å²) in [6, 6.07) is 6.58. The molecule has 0 spiro atoms. The minimum Gasteiger partial charge on any atom is -0.481 e. The molecule has 5 nitrogen and oxygen atoms in total. The Morgan fingerprint density at radius 1 is 1.20 bits per heavy atom. The zero-order valence-corrected chi connectivity index (χ0v) is 11.3. The van der Waals surface area contributed by atoms with Crippen LogP contribution in [0.1, 0.15) is 46.9 Å². The maximum atomic E-state index is 12.2. The predicted molar refractivity (Wildman–Crippen MR) is 72.5 cm³/mol. The Hall–Kier alpha value is -2.17. The van der Waals surface area contributed by atoms with Gasteiger partial charge in [-0.2, -0.15) is 0 Å². The van der Waals surface area contributed by atoms with Crippen LogP contribution >= 0.6 is 0 Å². The third-order valence-corrected chi connectivity index (χ3v) is 3.54. The van der Waals surface area contributed by atoms with Gasteiger partial charge in [-0.05, 0) is 18.6 Å². The fourth-order valence-electron chi connectivity index (χ4n) is 2.37. The van der Waals surface area contributed by atoms with E-state index >= 15 is 0 Å². The summed E-state index contributed by atoms with van der Waals surface area (Å²) in [5, 5.41) is 9.20. The zero-order chi connectivity index (χ0) is 14.7. The highest BCUT2D eigenvalue weighted by Crippen LogP contribution is 2.24. The number of nitrogens with zero attached hydrogens (tertiary/aromatic N) is 1. The van der Waals surface area contributed by atoms with Crippen LogP contribution in [0.4, 0.5) is 0 Å². The summed E-state index contributed by atoms with van der Waals surface area (Å²) in [4.78, 5) is 36.6. The van der Waals surface area contributed by atoms with Crippen LogP contribution in [0.5, 0.6) is 0 Å². The average molecular weight is 275 g/mol. The number of benzene rings is 1. The maximum absolute atomic E-state index is 12.2. The molecule has 0 saturated heterocycles. The van der Waals surface area contributed by atoms with Gasteiger partial charge in [-0.1, -0.05) is 31.9 Å². The largest absolute Gasteiger partial charge is 0.481 e. The van der Waals surface area contributed by atoms with Crippen LogP contribution in [-0.4, -0.2) is 34.3 Å². The summed E-state index contributed by atoms with van der Waals surface area (Å²) < 4.78 is 0. The highest BCUT2D eigenvalue weighted by atomic mass is 16.4. The second kappa shape index (κ2) is 5.86. The first-order chi connectivity index (χ1) is 9.56. The van der Waals surface area contributed by atoms with Crippen LogP contribution in [0.25, 0.3) is 0 Å². The van der Waals surface area contributed by atoms with E-state index in [0.717, 1.165) is 17.7 Å². The van der Waals surface area contributed by atoms with Crippen LogP contribution in [0.15, 0.2) is 24.3 Å². The third-order valence-electron chi connectivity index (χ3n) is 3.54. The molecule has 106 valence electrons. The molecule has 1 aromatic rings. The Morgan fingerprint density at radius 3 is 2.20 bits per heavy atom. The first kappa shape index (κ1) is 14.2. The van der Waals surface area contributed by atoms with E-state index < -0.39 is 23.7 Å². The van der Waals surface area contributed by atoms with Gasteiger partial charge < -0.3 is 5.11 Å². The second-order valence-corrected chi connectivity index (χ2v) is 4.94. The fraction of sp³-hybridized carbons (Fsp3) is 0.400. The van der Waals surface area contributed by atoms with Crippen molar-refractivity contribution in [1.29, 1.82) is 0 Å². The van der Waals surface area contributed by atoms with Gasteiger partial charge in [0.1, 0.15) is 0 Å². The van der Waals surface area contributed by atoms with Gasteiger partial charge >= 0.3 is 5.97 Å². The van der Waals surface area contributed by atoms with Crippen molar-refractivity contribution in [2.45, 2.75) is 26.2 Å². The van der Waals surface area contributed by atoms with Crippen molar-refractivity contribution in [3.63, 3.8) is 0 Å². The average Bonchev–Trinajstić information content (AvgIpc) is 2.68. The highest BCUT2D eigenvalue weighted by molar-refractivity contribution is 6.21. The number of fused-ring (bicyclic) bond motifs is 1. The smallest absolute Gasteiger partial charge is 0.308 e. The van der Waals surface area contributed by atoms with Gasteiger partial charge in [0.2, 0.25) is 0 Å². The Bertz CT molecular complexity index is 518. The summed E-state index contributed by atoms with van der Waals surface area (Å²) in [7, 11) is 0. The van der Waals surface area contributed by atoms with Gasteiger partial charge in [-0.3, -0.25) is 19.3 Å². The van der Waals surface area contributed by atoms with Crippen LogP contribution in [-0.2, 0) is 4.79 Å². The molecule has 5 heteroatoms. The molecule has 1 aromatic carbocycles. The first-order valence-electron chi connectivity index (χ1n) is 6.74. The number of hydrogen-bond acceptors (Lipinski definition) is 3. The van der Waals surface area contributed by atoms with Crippen molar-refractivity contribution in [2.75, 3.05) is 6.54 Å². The SMILES string of the molecule is CCCCC(CN1C(=O)c2ccccc2C1=O)C(=O)O. The van der Waals surface area contributed by atoms with E-state index in [1.807, 2.05) is 6.92 Å². The van der Waals surface area contributed by atoms with Gasteiger partial charge in [-0.15, -0.1) is 0 Å². The molecular weight excluding hydrogens is 258 g/mol. The van der Waals surface area contributed by atoms with Crippen molar-refractivity contribution >= 4 is 17.8 Å². The lowest BCUT2D eigenvalue weighted by molar-refractivity contribution is -0.142. The molecule has 1 aliphatic rings. The van der Waals surface area contributed by atoms with Crippen molar-refractivity contribution in [2.24, 2.45) is 5.92 Å². The van der Waals surface area contributed by atoms with E-state index in [1.54, 1.807) is 24.3 Å². The summed E-state index contributed by atoms with van der Waals surface area (Å²) >= 11 is 0. The van der Waals surface area contributed by atoms with Crippen molar-refractivity contribution in [3.05, 3.63) is 35.4 Å². The number of carbonyl (C=O) groups excluding carboxylic acids is 2. The molecule has 0 bridgehead atoms. The topological polar surface area (TPSA) is 74.7 Å². The normalized spacial score (nSPS) is 15.3. The maximum Gasteiger partial charge on any atom is 0.308 e. The Morgan fingerprint density at radius 2 is 1.75 bits per heavy atom. The summed E-state index contributed by atoms with van der Waals surface area (Å²) in [6.45, 7) is 1.92. The zero-order valence-electron chi connectivity index (χ0n) is 11.3. The minimum atomic E-state index is -0.963. The van der Waals surface area contributed by atoms with Gasteiger partial charge in [0.05, 0.1) is 17.0 Å². The Labute approximate surface area is 117 Å². The lowest BCUT2D eigenvalue weighted by atomic mass is 10.0. The molecule has 1 heterocycles. The third kappa shape index (κ3) is 2.57. The molecule has 0 radical (unpaired) electrons. The summed E-state index contributed by atoms with van der Waals surface area (Å²) in [5.41, 5.74) is 0.717. The monoisotopic (exact) mass is 275 g/mol. The van der Waals surface area contributed by atoms with Gasteiger partial charge in [0.15, 0.2) is 0 Å². The molecule has 2 amide bonds. The number of aliphatic carboxylic acids is 1. The molecule has 0 aromatic heterocycles. The molecule has 2 rings (SSSR count). The van der Waals surface area contributed by atoms with Gasteiger partial charge in [0.25, 0.3) is 11.8 Å². The number of hydrogen-bond donors (Lipinski definition) is 1. The fourth-order valence-corrected chi connectivity index (χ4v) is 2.37. The van der Waals surface area contributed by atoms with Gasteiger partial charge in [-0.25, -0.2) is 0 Å². The van der Waals surface area contributed by atoms with Crippen LogP contribution in [0, 0.1) is 5.92 Å². The van der Waals surface area contributed by atoms with E-state index in [0.29, 0.717) is 17.5 Å². The molecule has 1 unspecified atom stereocenters. The number of amides is 2. The highest BCUT2D eigenvalue weighted by Gasteiger charge is 2.37. The van der Waals surface area contributed by atoms with Crippen LogP contribution in [0.2, 0.25) is 0 Å². The van der Waals surface area contributed by atoms with Gasteiger partial charge in [0, 0.05) is 6.54 Å². The van der Waals surface area contributed by atoms with E-state index in [4.69, 9.17) is 0 Å². The number of unbranched alkanes of at least 4 members (excludes halogenated alkanes) is 1.